The molecule has 0 spiro atoms. The van der Waals surface area contributed by atoms with Crippen LogP contribution in [0.3, 0.4) is 0 Å². The molecule has 8 nitrogen and oxygen atoms in total. The van der Waals surface area contributed by atoms with Crippen molar-refractivity contribution in [3.05, 3.63) is 59.9 Å². The van der Waals surface area contributed by atoms with Gasteiger partial charge in [0.25, 0.3) is 0 Å². The van der Waals surface area contributed by atoms with E-state index in [0.29, 0.717) is 69.0 Å². The number of urea groups is 1. The number of amides is 4. The summed E-state index contributed by atoms with van der Waals surface area (Å²) in [5, 5.41) is 5.75. The number of carbonyl (C=O) groups excluding carboxylic acids is 3. The van der Waals surface area contributed by atoms with Crippen molar-refractivity contribution in [3.8, 4) is 0 Å². The maximum absolute atomic E-state index is 13.7. The summed E-state index contributed by atoms with van der Waals surface area (Å²) in [7, 11) is 0. The fraction of sp³-hybridized carbons (Fsp3) is 0.375. The fourth-order valence-electron chi connectivity index (χ4n) is 4.09. The van der Waals surface area contributed by atoms with Crippen LogP contribution < -0.4 is 15.5 Å². The van der Waals surface area contributed by atoms with Crippen molar-refractivity contribution in [1.29, 1.82) is 0 Å². The Hall–Kier alpha value is -3.62. The number of rotatable bonds is 6. The van der Waals surface area contributed by atoms with Gasteiger partial charge in [-0.2, -0.15) is 0 Å². The van der Waals surface area contributed by atoms with Gasteiger partial charge < -0.3 is 20.3 Å². The molecule has 2 heterocycles. The summed E-state index contributed by atoms with van der Waals surface area (Å²) in [6.07, 6.45) is 1.18. The van der Waals surface area contributed by atoms with Crippen LogP contribution in [-0.2, 0) is 16.0 Å². The number of halogens is 1. The summed E-state index contributed by atoms with van der Waals surface area (Å²) < 4.78 is 18.6. The monoisotopic (exact) mass is 454 g/mol. The third kappa shape index (κ3) is 5.60. The average Bonchev–Trinajstić information content (AvgIpc) is 3.26. The lowest BCUT2D eigenvalue weighted by Crippen LogP contribution is -2.44. The first-order valence-corrected chi connectivity index (χ1v) is 11.1. The molecule has 0 saturated carbocycles. The summed E-state index contributed by atoms with van der Waals surface area (Å²) in [6, 6.07) is 13.4. The number of carbonyl (C=O) groups is 3. The lowest BCUT2D eigenvalue weighted by Gasteiger charge is -2.31. The molecule has 0 bridgehead atoms. The third-order valence-electron chi connectivity index (χ3n) is 5.97. The number of anilines is 2. The Morgan fingerprint density at radius 2 is 1.85 bits per heavy atom. The highest BCUT2D eigenvalue weighted by Crippen LogP contribution is 2.23. The molecule has 33 heavy (non-hydrogen) atoms. The molecule has 0 unspecified atom stereocenters. The predicted molar refractivity (Wildman–Crippen MR) is 122 cm³/mol. The van der Waals surface area contributed by atoms with E-state index < -0.39 is 6.09 Å². The van der Waals surface area contributed by atoms with Gasteiger partial charge in [0.15, 0.2) is 0 Å². The molecule has 2 aliphatic rings. The summed E-state index contributed by atoms with van der Waals surface area (Å²) in [4.78, 5) is 40.1. The van der Waals surface area contributed by atoms with Gasteiger partial charge in [-0.25, -0.2) is 14.0 Å². The van der Waals surface area contributed by atoms with Crippen LogP contribution in [0.1, 0.15) is 18.4 Å². The molecular weight excluding hydrogens is 427 g/mol. The molecule has 9 heteroatoms. The Kier molecular flexibility index (Phi) is 7.07. The van der Waals surface area contributed by atoms with E-state index >= 15 is 0 Å². The van der Waals surface area contributed by atoms with Crippen molar-refractivity contribution in [2.45, 2.75) is 19.3 Å². The molecule has 174 valence electrons. The Balaban J connectivity index is 1.22. The smallest absolute Gasteiger partial charge is 0.414 e. The summed E-state index contributed by atoms with van der Waals surface area (Å²) in [6.45, 7) is 2.14. The highest BCUT2D eigenvalue weighted by Gasteiger charge is 2.28. The molecule has 2 saturated heterocycles. The van der Waals surface area contributed by atoms with Crippen molar-refractivity contribution in [2.75, 3.05) is 43.0 Å². The number of hydrogen-bond donors (Lipinski definition) is 2. The zero-order chi connectivity index (χ0) is 23.2. The van der Waals surface area contributed by atoms with Gasteiger partial charge in [0, 0.05) is 36.9 Å². The van der Waals surface area contributed by atoms with E-state index in [9.17, 15) is 18.8 Å². The molecule has 2 aromatic carbocycles. The number of cyclic esters (lactones) is 1. The topological polar surface area (TPSA) is 91.0 Å². The number of nitrogens with one attached hydrogen (secondary N) is 2. The van der Waals surface area contributed by atoms with Crippen molar-refractivity contribution in [2.24, 2.45) is 5.92 Å². The fourth-order valence-corrected chi connectivity index (χ4v) is 4.09. The maximum atomic E-state index is 13.7. The van der Waals surface area contributed by atoms with Crippen LogP contribution in [-0.4, -0.2) is 55.7 Å². The molecular formula is C24H27FN4O4. The second-order valence-corrected chi connectivity index (χ2v) is 8.14. The minimum absolute atomic E-state index is 0.0587. The number of hydrogen-bond acceptors (Lipinski definition) is 4. The van der Waals surface area contributed by atoms with Crippen LogP contribution in [0.25, 0.3) is 0 Å². The van der Waals surface area contributed by atoms with E-state index in [4.69, 9.17) is 4.74 Å². The molecule has 4 amide bonds. The van der Waals surface area contributed by atoms with Gasteiger partial charge in [-0.15, -0.1) is 0 Å². The summed E-state index contributed by atoms with van der Waals surface area (Å²) >= 11 is 0. The SMILES string of the molecule is O=C(NCCc1ccccc1F)C1CCN(C(=O)Nc2cccc(N3CCOC3=O)c2)CC1. The average molecular weight is 455 g/mol. The molecule has 2 fully saturated rings. The zero-order valence-corrected chi connectivity index (χ0v) is 18.3. The van der Waals surface area contributed by atoms with Crippen LogP contribution in [0.4, 0.5) is 25.4 Å². The summed E-state index contributed by atoms with van der Waals surface area (Å²) in [5.41, 5.74) is 1.83. The lowest BCUT2D eigenvalue weighted by molar-refractivity contribution is -0.126. The quantitative estimate of drug-likeness (QED) is 0.700. The normalized spacial score (nSPS) is 16.5. The molecule has 0 radical (unpaired) electrons. The number of ether oxygens (including phenoxy) is 1. The Morgan fingerprint density at radius 1 is 1.06 bits per heavy atom. The lowest BCUT2D eigenvalue weighted by atomic mass is 9.96. The van der Waals surface area contributed by atoms with E-state index in [1.807, 2.05) is 0 Å². The highest BCUT2D eigenvalue weighted by atomic mass is 19.1. The second-order valence-electron chi connectivity index (χ2n) is 8.14. The van der Waals surface area contributed by atoms with Crippen molar-refractivity contribution >= 4 is 29.4 Å². The first-order valence-electron chi connectivity index (χ1n) is 11.1. The van der Waals surface area contributed by atoms with Crippen LogP contribution in [0.5, 0.6) is 0 Å². The van der Waals surface area contributed by atoms with Crippen LogP contribution in [0, 0.1) is 11.7 Å². The van der Waals surface area contributed by atoms with Crippen molar-refractivity contribution < 1.29 is 23.5 Å². The molecule has 0 atom stereocenters. The van der Waals surface area contributed by atoms with E-state index in [-0.39, 0.29) is 23.7 Å². The largest absolute Gasteiger partial charge is 0.447 e. The molecule has 4 rings (SSSR count). The Morgan fingerprint density at radius 3 is 2.58 bits per heavy atom. The highest BCUT2D eigenvalue weighted by molar-refractivity contribution is 5.93. The number of piperidine rings is 1. The van der Waals surface area contributed by atoms with Gasteiger partial charge >= 0.3 is 12.1 Å². The van der Waals surface area contributed by atoms with Gasteiger partial charge in [-0.05, 0) is 49.1 Å². The van der Waals surface area contributed by atoms with E-state index in [1.54, 1.807) is 47.4 Å². The van der Waals surface area contributed by atoms with Gasteiger partial charge in [0.2, 0.25) is 5.91 Å². The first-order chi connectivity index (χ1) is 16.0. The van der Waals surface area contributed by atoms with Crippen molar-refractivity contribution in [1.82, 2.24) is 10.2 Å². The third-order valence-corrected chi connectivity index (χ3v) is 5.97. The molecule has 0 aromatic heterocycles. The van der Waals surface area contributed by atoms with Crippen LogP contribution in [0.15, 0.2) is 48.5 Å². The standard InChI is InChI=1S/C24H27FN4O4/c25-21-7-2-1-4-17(21)8-11-26-22(30)18-9-12-28(13-10-18)23(31)27-19-5-3-6-20(16-19)29-14-15-33-24(29)32/h1-7,16,18H,8-15H2,(H,26,30)(H,27,31). The van der Waals surface area contributed by atoms with E-state index in [2.05, 4.69) is 10.6 Å². The predicted octanol–water partition coefficient (Wildman–Crippen LogP) is 3.39. The Labute approximate surface area is 191 Å². The van der Waals surface area contributed by atoms with Gasteiger partial charge in [0.1, 0.15) is 12.4 Å². The Bertz CT molecular complexity index is 1020. The van der Waals surface area contributed by atoms with E-state index in [1.165, 1.54) is 11.0 Å². The number of nitrogens with zero attached hydrogens (tertiary/aromatic N) is 2. The number of benzene rings is 2. The zero-order valence-electron chi connectivity index (χ0n) is 18.3. The maximum Gasteiger partial charge on any atom is 0.414 e. The molecule has 0 aliphatic carbocycles. The summed E-state index contributed by atoms with van der Waals surface area (Å²) in [5.74, 6) is -0.493. The molecule has 2 aromatic rings. The minimum Gasteiger partial charge on any atom is -0.447 e. The van der Waals surface area contributed by atoms with Crippen LogP contribution >= 0.6 is 0 Å². The van der Waals surface area contributed by atoms with Crippen LogP contribution in [0.2, 0.25) is 0 Å². The van der Waals surface area contributed by atoms with Crippen molar-refractivity contribution in [3.63, 3.8) is 0 Å². The number of likely N-dealkylation sites (tertiary alicyclic amines) is 1. The van der Waals surface area contributed by atoms with Gasteiger partial charge in [-0.1, -0.05) is 24.3 Å². The van der Waals surface area contributed by atoms with Gasteiger partial charge in [-0.3, -0.25) is 9.69 Å². The second kappa shape index (κ2) is 10.3. The molecule has 2 aliphatic heterocycles. The first kappa shape index (κ1) is 22.6. The van der Waals surface area contributed by atoms with Gasteiger partial charge in [0.05, 0.1) is 6.54 Å². The minimum atomic E-state index is -0.396. The molecule has 2 N–H and O–H groups in total. The van der Waals surface area contributed by atoms with E-state index in [0.717, 1.165) is 0 Å².